The van der Waals surface area contributed by atoms with Crippen molar-refractivity contribution < 1.29 is 22.7 Å². The number of hydrogen-bond acceptors (Lipinski definition) is 3. The standard InChI is InChI=1S/C13H15ClF3NO2/c1-7(12(19)20-3)8(2)18-9-4-5-11(14)10(6-9)13(15,16)17/h4-8,18H,1-3H3. The van der Waals surface area contributed by atoms with Crippen molar-refractivity contribution in [1.82, 2.24) is 0 Å². The minimum atomic E-state index is -4.52. The molecule has 0 aliphatic carbocycles. The maximum Gasteiger partial charge on any atom is 0.417 e. The van der Waals surface area contributed by atoms with E-state index in [0.29, 0.717) is 0 Å². The van der Waals surface area contributed by atoms with Crippen molar-refractivity contribution in [2.24, 2.45) is 5.92 Å². The van der Waals surface area contributed by atoms with E-state index in [1.165, 1.54) is 19.2 Å². The Morgan fingerprint density at radius 3 is 2.45 bits per heavy atom. The van der Waals surface area contributed by atoms with E-state index in [4.69, 9.17) is 11.6 Å². The molecule has 2 unspecified atom stereocenters. The van der Waals surface area contributed by atoms with Crippen molar-refractivity contribution in [3.8, 4) is 0 Å². The van der Waals surface area contributed by atoms with E-state index >= 15 is 0 Å². The van der Waals surface area contributed by atoms with Gasteiger partial charge in [0, 0.05) is 11.7 Å². The molecule has 3 nitrogen and oxygen atoms in total. The third-order valence-electron chi connectivity index (χ3n) is 2.99. The zero-order chi connectivity index (χ0) is 15.5. The van der Waals surface area contributed by atoms with Gasteiger partial charge in [-0.3, -0.25) is 4.79 Å². The molecular weight excluding hydrogens is 295 g/mol. The molecule has 0 radical (unpaired) electrons. The number of carbonyl (C=O) groups is 1. The Labute approximate surface area is 120 Å². The molecule has 0 amide bonds. The molecule has 1 rings (SSSR count). The highest BCUT2D eigenvalue weighted by Gasteiger charge is 2.33. The molecule has 0 saturated heterocycles. The molecular formula is C13H15ClF3NO2. The van der Waals surface area contributed by atoms with Gasteiger partial charge in [0.05, 0.1) is 23.6 Å². The zero-order valence-corrected chi connectivity index (χ0v) is 12.0. The number of halogens is 4. The zero-order valence-electron chi connectivity index (χ0n) is 11.2. The summed E-state index contributed by atoms with van der Waals surface area (Å²) in [5, 5.41) is 2.47. The maximum atomic E-state index is 12.7. The third kappa shape index (κ3) is 4.03. The summed E-state index contributed by atoms with van der Waals surface area (Å²) < 4.78 is 42.8. The SMILES string of the molecule is COC(=O)C(C)C(C)Nc1ccc(Cl)c(C(F)(F)F)c1. The van der Waals surface area contributed by atoms with Crippen LogP contribution in [0.25, 0.3) is 0 Å². The average molecular weight is 310 g/mol. The molecule has 7 heteroatoms. The number of hydrogen-bond donors (Lipinski definition) is 1. The summed E-state index contributed by atoms with van der Waals surface area (Å²) in [6, 6.07) is 3.13. The summed E-state index contributed by atoms with van der Waals surface area (Å²) in [6.07, 6.45) is -4.52. The van der Waals surface area contributed by atoms with Gasteiger partial charge in [-0.15, -0.1) is 0 Å². The molecule has 0 spiro atoms. The fourth-order valence-electron chi connectivity index (χ4n) is 1.61. The molecule has 0 saturated carbocycles. The van der Waals surface area contributed by atoms with Crippen molar-refractivity contribution in [2.75, 3.05) is 12.4 Å². The van der Waals surface area contributed by atoms with Gasteiger partial charge in [0.2, 0.25) is 0 Å². The topological polar surface area (TPSA) is 38.3 Å². The largest absolute Gasteiger partial charge is 0.469 e. The molecule has 0 aliphatic rings. The van der Waals surface area contributed by atoms with E-state index in [1.807, 2.05) is 0 Å². The smallest absolute Gasteiger partial charge is 0.417 e. The van der Waals surface area contributed by atoms with Crippen LogP contribution >= 0.6 is 11.6 Å². The van der Waals surface area contributed by atoms with Gasteiger partial charge in [0.15, 0.2) is 0 Å². The molecule has 0 aromatic heterocycles. The molecule has 0 aliphatic heterocycles. The molecule has 0 heterocycles. The van der Waals surface area contributed by atoms with Crippen molar-refractivity contribution in [1.29, 1.82) is 0 Å². The second-order valence-electron chi connectivity index (χ2n) is 4.44. The third-order valence-corrected chi connectivity index (χ3v) is 3.32. The number of anilines is 1. The Balaban J connectivity index is 2.91. The number of benzene rings is 1. The van der Waals surface area contributed by atoms with Gasteiger partial charge >= 0.3 is 12.1 Å². The maximum absolute atomic E-state index is 12.7. The normalized spacial score (nSPS) is 14.6. The lowest BCUT2D eigenvalue weighted by molar-refractivity contribution is -0.145. The monoisotopic (exact) mass is 309 g/mol. The number of rotatable bonds is 4. The molecule has 2 atom stereocenters. The van der Waals surface area contributed by atoms with Crippen LogP contribution in [0.15, 0.2) is 18.2 Å². The van der Waals surface area contributed by atoms with Crippen LogP contribution in [0.1, 0.15) is 19.4 Å². The highest BCUT2D eigenvalue weighted by atomic mass is 35.5. The molecule has 20 heavy (non-hydrogen) atoms. The first-order valence-corrected chi connectivity index (χ1v) is 6.25. The van der Waals surface area contributed by atoms with Crippen LogP contribution in [0, 0.1) is 5.92 Å². The Morgan fingerprint density at radius 2 is 1.95 bits per heavy atom. The second kappa shape index (κ2) is 6.35. The van der Waals surface area contributed by atoms with Gasteiger partial charge in [-0.2, -0.15) is 13.2 Å². The highest BCUT2D eigenvalue weighted by Crippen LogP contribution is 2.36. The first-order valence-electron chi connectivity index (χ1n) is 5.88. The Hall–Kier alpha value is -1.43. The molecule has 1 aromatic rings. The number of methoxy groups -OCH3 is 1. The van der Waals surface area contributed by atoms with Gasteiger partial charge in [0.1, 0.15) is 0 Å². The Kier molecular flexibility index (Phi) is 5.28. The molecule has 112 valence electrons. The van der Waals surface area contributed by atoms with Gasteiger partial charge in [0.25, 0.3) is 0 Å². The van der Waals surface area contributed by atoms with Gasteiger partial charge in [-0.05, 0) is 32.0 Å². The average Bonchev–Trinajstić information content (AvgIpc) is 2.37. The highest BCUT2D eigenvalue weighted by molar-refractivity contribution is 6.31. The van der Waals surface area contributed by atoms with E-state index in [9.17, 15) is 18.0 Å². The van der Waals surface area contributed by atoms with Crippen LogP contribution in [-0.4, -0.2) is 19.1 Å². The quantitative estimate of drug-likeness (QED) is 0.855. The number of ether oxygens (including phenoxy) is 1. The van der Waals surface area contributed by atoms with Gasteiger partial charge in [-0.25, -0.2) is 0 Å². The van der Waals surface area contributed by atoms with E-state index in [2.05, 4.69) is 10.1 Å². The van der Waals surface area contributed by atoms with Crippen molar-refractivity contribution in [3.63, 3.8) is 0 Å². The van der Waals surface area contributed by atoms with Crippen LogP contribution in [0.4, 0.5) is 18.9 Å². The summed E-state index contributed by atoms with van der Waals surface area (Å²) in [7, 11) is 1.26. The predicted octanol–water partition coefficient (Wildman–Crippen LogP) is 3.97. The minimum Gasteiger partial charge on any atom is -0.469 e. The lowest BCUT2D eigenvalue weighted by Crippen LogP contribution is -2.30. The lowest BCUT2D eigenvalue weighted by Gasteiger charge is -2.21. The molecule has 1 aromatic carbocycles. The number of nitrogens with one attached hydrogen (secondary N) is 1. The van der Waals surface area contributed by atoms with Crippen molar-refractivity contribution in [3.05, 3.63) is 28.8 Å². The van der Waals surface area contributed by atoms with Crippen LogP contribution < -0.4 is 5.32 Å². The van der Waals surface area contributed by atoms with Crippen LogP contribution in [0.5, 0.6) is 0 Å². The number of esters is 1. The molecule has 0 bridgehead atoms. The summed E-state index contributed by atoms with van der Waals surface area (Å²) in [5.74, 6) is -0.931. The van der Waals surface area contributed by atoms with E-state index in [0.717, 1.165) is 6.07 Å². The van der Waals surface area contributed by atoms with E-state index in [1.54, 1.807) is 13.8 Å². The molecule has 1 N–H and O–H groups in total. The predicted molar refractivity (Wildman–Crippen MR) is 70.7 cm³/mol. The second-order valence-corrected chi connectivity index (χ2v) is 4.84. The van der Waals surface area contributed by atoms with Crippen LogP contribution in [0.3, 0.4) is 0 Å². The van der Waals surface area contributed by atoms with Crippen molar-refractivity contribution in [2.45, 2.75) is 26.1 Å². The first-order chi connectivity index (χ1) is 9.16. The summed E-state index contributed by atoms with van der Waals surface area (Å²) in [6.45, 7) is 3.31. The molecule has 0 fully saturated rings. The number of carbonyl (C=O) groups excluding carboxylic acids is 1. The lowest BCUT2D eigenvalue weighted by atomic mass is 10.0. The Morgan fingerprint density at radius 1 is 1.35 bits per heavy atom. The van der Waals surface area contributed by atoms with E-state index < -0.39 is 23.6 Å². The summed E-state index contributed by atoms with van der Waals surface area (Å²) in [4.78, 5) is 11.4. The minimum absolute atomic E-state index is 0.241. The summed E-state index contributed by atoms with van der Waals surface area (Å²) in [5.41, 5.74) is -0.674. The van der Waals surface area contributed by atoms with Crippen LogP contribution in [-0.2, 0) is 15.7 Å². The van der Waals surface area contributed by atoms with Gasteiger partial charge < -0.3 is 10.1 Å². The fourth-order valence-corrected chi connectivity index (χ4v) is 1.83. The first kappa shape index (κ1) is 16.6. The van der Waals surface area contributed by atoms with Gasteiger partial charge in [-0.1, -0.05) is 11.6 Å². The van der Waals surface area contributed by atoms with E-state index in [-0.39, 0.29) is 16.8 Å². The van der Waals surface area contributed by atoms with Crippen molar-refractivity contribution >= 4 is 23.3 Å². The Bertz CT molecular complexity index is 491. The number of alkyl halides is 3. The van der Waals surface area contributed by atoms with Crippen LogP contribution in [0.2, 0.25) is 5.02 Å². The summed E-state index contributed by atoms with van der Waals surface area (Å²) >= 11 is 5.53. The fraction of sp³-hybridized carbons (Fsp3) is 0.462.